The fourth-order valence-corrected chi connectivity index (χ4v) is 1.70. The van der Waals surface area contributed by atoms with Crippen LogP contribution < -0.4 is 21.9 Å². The van der Waals surface area contributed by atoms with E-state index in [1.165, 1.54) is 0 Å². The molecule has 0 radical (unpaired) electrons. The molecule has 1 aliphatic carbocycles. The second kappa shape index (κ2) is 5.83. The molecule has 0 atom stereocenters. The van der Waals surface area contributed by atoms with Gasteiger partial charge in [-0.1, -0.05) is 0 Å². The third kappa shape index (κ3) is 4.06. The summed E-state index contributed by atoms with van der Waals surface area (Å²) in [4.78, 5) is 20.3. The van der Waals surface area contributed by atoms with E-state index in [2.05, 4.69) is 26.0 Å². The van der Waals surface area contributed by atoms with Gasteiger partial charge in [0.05, 0.1) is 6.54 Å². The number of carbonyl (C=O) groups is 1. The van der Waals surface area contributed by atoms with Crippen molar-refractivity contribution in [3.63, 3.8) is 0 Å². The van der Waals surface area contributed by atoms with Crippen molar-refractivity contribution in [3.8, 4) is 0 Å². The van der Waals surface area contributed by atoms with Crippen LogP contribution in [-0.2, 0) is 4.79 Å². The lowest BCUT2D eigenvalue weighted by Crippen LogP contribution is -2.35. The van der Waals surface area contributed by atoms with Crippen LogP contribution in [0.2, 0.25) is 0 Å². The lowest BCUT2D eigenvalue weighted by Gasteiger charge is -2.11. The van der Waals surface area contributed by atoms with E-state index in [4.69, 9.17) is 5.84 Å². The molecule has 1 heterocycles. The van der Waals surface area contributed by atoms with Crippen LogP contribution in [0.4, 0.5) is 11.6 Å². The van der Waals surface area contributed by atoms with Crippen LogP contribution in [0.25, 0.3) is 0 Å². The maximum Gasteiger partial charge on any atom is 0.239 e. The van der Waals surface area contributed by atoms with Crippen molar-refractivity contribution in [2.24, 2.45) is 5.84 Å². The Morgan fingerprint density at radius 1 is 1.42 bits per heavy atom. The van der Waals surface area contributed by atoms with Crippen molar-refractivity contribution < 1.29 is 4.79 Å². The van der Waals surface area contributed by atoms with Gasteiger partial charge in [0.2, 0.25) is 5.91 Å². The van der Waals surface area contributed by atoms with Gasteiger partial charge in [0.1, 0.15) is 17.5 Å². The number of hydrogen-bond acceptors (Lipinski definition) is 6. The monoisotopic (exact) mass is 264 g/mol. The number of amides is 1. The zero-order valence-corrected chi connectivity index (χ0v) is 11.2. The molecule has 5 N–H and O–H groups in total. The zero-order chi connectivity index (χ0) is 13.8. The molecule has 1 aromatic rings. The number of nitrogens with one attached hydrogen (secondary N) is 3. The number of anilines is 2. The topological polar surface area (TPSA) is 105 Å². The summed E-state index contributed by atoms with van der Waals surface area (Å²) in [6.45, 7) is 4.03. The van der Waals surface area contributed by atoms with E-state index in [0.717, 1.165) is 18.7 Å². The van der Waals surface area contributed by atoms with Gasteiger partial charge in [0, 0.05) is 18.0 Å². The first-order chi connectivity index (χ1) is 9.08. The van der Waals surface area contributed by atoms with E-state index in [1.54, 1.807) is 6.07 Å². The van der Waals surface area contributed by atoms with Crippen LogP contribution in [0.3, 0.4) is 0 Å². The van der Waals surface area contributed by atoms with Crippen LogP contribution in [0.1, 0.15) is 38.4 Å². The summed E-state index contributed by atoms with van der Waals surface area (Å²) >= 11 is 0. The summed E-state index contributed by atoms with van der Waals surface area (Å²) in [5.41, 5.74) is 2.52. The van der Waals surface area contributed by atoms with E-state index >= 15 is 0 Å². The minimum Gasteiger partial charge on any atom is -0.361 e. The van der Waals surface area contributed by atoms with Gasteiger partial charge in [-0.15, -0.1) is 0 Å². The highest BCUT2D eigenvalue weighted by atomic mass is 16.1. The summed E-state index contributed by atoms with van der Waals surface area (Å²) in [5, 5.41) is 5.80. The van der Waals surface area contributed by atoms with E-state index in [-0.39, 0.29) is 18.5 Å². The van der Waals surface area contributed by atoms with Gasteiger partial charge in [0.25, 0.3) is 0 Å². The molecule has 2 rings (SSSR count). The molecule has 1 saturated carbocycles. The zero-order valence-electron chi connectivity index (χ0n) is 11.2. The second-order valence-corrected chi connectivity index (χ2v) is 4.99. The number of carbonyl (C=O) groups excluding carboxylic acids is 1. The molecule has 0 bridgehead atoms. The third-order valence-corrected chi connectivity index (χ3v) is 2.71. The SMILES string of the molecule is CC(C)NC(=O)CNc1cc(NN)nc(C2CC2)n1. The van der Waals surface area contributed by atoms with Gasteiger partial charge in [0.15, 0.2) is 0 Å². The normalized spacial score (nSPS) is 14.3. The molecular weight excluding hydrogens is 244 g/mol. The molecule has 0 aliphatic heterocycles. The molecule has 1 amide bonds. The molecule has 0 unspecified atom stereocenters. The van der Waals surface area contributed by atoms with Gasteiger partial charge >= 0.3 is 0 Å². The lowest BCUT2D eigenvalue weighted by molar-refractivity contribution is -0.119. The average Bonchev–Trinajstić information content (AvgIpc) is 3.19. The van der Waals surface area contributed by atoms with Crippen molar-refractivity contribution >= 4 is 17.5 Å². The largest absolute Gasteiger partial charge is 0.361 e. The van der Waals surface area contributed by atoms with Crippen LogP contribution in [0.5, 0.6) is 0 Å². The van der Waals surface area contributed by atoms with Crippen molar-refractivity contribution in [3.05, 3.63) is 11.9 Å². The number of nitrogen functional groups attached to an aromatic ring is 1. The molecular formula is C12H20N6O. The molecule has 1 fully saturated rings. The Morgan fingerprint density at radius 2 is 2.11 bits per heavy atom. The maximum absolute atomic E-state index is 11.6. The van der Waals surface area contributed by atoms with Gasteiger partial charge in [-0.2, -0.15) is 0 Å². The molecule has 7 heteroatoms. The summed E-state index contributed by atoms with van der Waals surface area (Å²) in [6, 6.07) is 1.82. The first kappa shape index (κ1) is 13.5. The summed E-state index contributed by atoms with van der Waals surface area (Å²) in [6.07, 6.45) is 2.22. The lowest BCUT2D eigenvalue weighted by atomic mass is 10.3. The first-order valence-corrected chi connectivity index (χ1v) is 6.47. The summed E-state index contributed by atoms with van der Waals surface area (Å²) < 4.78 is 0. The van der Waals surface area contributed by atoms with E-state index in [0.29, 0.717) is 17.6 Å². The molecule has 7 nitrogen and oxygen atoms in total. The maximum atomic E-state index is 11.6. The van der Waals surface area contributed by atoms with Crippen LogP contribution in [0.15, 0.2) is 6.07 Å². The Morgan fingerprint density at radius 3 is 2.68 bits per heavy atom. The molecule has 0 saturated heterocycles. The standard InChI is InChI=1S/C12H20N6O/c1-7(2)15-11(19)6-14-9-5-10(18-13)17-12(16-9)8-3-4-8/h5,7-8H,3-4,6,13H2,1-2H3,(H,15,19)(H2,14,16,17,18). The Labute approximate surface area is 112 Å². The highest BCUT2D eigenvalue weighted by Crippen LogP contribution is 2.38. The number of rotatable bonds is 6. The summed E-state index contributed by atoms with van der Waals surface area (Å²) in [7, 11) is 0. The number of nitrogens with zero attached hydrogens (tertiary/aromatic N) is 2. The van der Waals surface area contributed by atoms with Crippen molar-refractivity contribution in [2.45, 2.75) is 38.6 Å². The Balaban J connectivity index is 1.99. The third-order valence-electron chi connectivity index (χ3n) is 2.71. The van der Waals surface area contributed by atoms with Crippen LogP contribution >= 0.6 is 0 Å². The van der Waals surface area contributed by atoms with Crippen molar-refractivity contribution in [1.82, 2.24) is 15.3 Å². The van der Waals surface area contributed by atoms with Crippen LogP contribution in [0, 0.1) is 0 Å². The minimum atomic E-state index is -0.0659. The summed E-state index contributed by atoms with van der Waals surface area (Å²) in [5.74, 6) is 7.70. The smallest absolute Gasteiger partial charge is 0.239 e. The predicted molar refractivity (Wildman–Crippen MR) is 73.6 cm³/mol. The van der Waals surface area contributed by atoms with Gasteiger partial charge in [-0.3, -0.25) is 4.79 Å². The Kier molecular flexibility index (Phi) is 4.16. The number of hydrazine groups is 1. The van der Waals surface area contributed by atoms with Gasteiger partial charge < -0.3 is 16.1 Å². The molecule has 1 aliphatic rings. The Bertz CT molecular complexity index is 458. The number of hydrogen-bond donors (Lipinski definition) is 4. The van der Waals surface area contributed by atoms with E-state index < -0.39 is 0 Å². The van der Waals surface area contributed by atoms with E-state index in [9.17, 15) is 4.79 Å². The minimum absolute atomic E-state index is 0.0659. The average molecular weight is 264 g/mol. The first-order valence-electron chi connectivity index (χ1n) is 6.47. The number of aromatic nitrogens is 2. The van der Waals surface area contributed by atoms with E-state index in [1.807, 2.05) is 13.8 Å². The van der Waals surface area contributed by atoms with Gasteiger partial charge in [-0.25, -0.2) is 15.8 Å². The van der Waals surface area contributed by atoms with Crippen molar-refractivity contribution in [2.75, 3.05) is 17.3 Å². The predicted octanol–water partition coefficient (Wildman–Crippen LogP) is 0.576. The Hall–Kier alpha value is -1.89. The molecule has 0 spiro atoms. The highest BCUT2D eigenvalue weighted by molar-refractivity contribution is 5.80. The van der Waals surface area contributed by atoms with Gasteiger partial charge in [-0.05, 0) is 26.7 Å². The quantitative estimate of drug-likeness (QED) is 0.442. The molecule has 19 heavy (non-hydrogen) atoms. The fourth-order valence-electron chi connectivity index (χ4n) is 1.70. The molecule has 104 valence electrons. The van der Waals surface area contributed by atoms with Crippen LogP contribution in [-0.4, -0.2) is 28.5 Å². The second-order valence-electron chi connectivity index (χ2n) is 4.99. The highest BCUT2D eigenvalue weighted by Gasteiger charge is 2.27. The molecule has 1 aromatic heterocycles. The number of nitrogens with two attached hydrogens (primary N) is 1. The molecule has 0 aromatic carbocycles. The fraction of sp³-hybridized carbons (Fsp3) is 0.583. The van der Waals surface area contributed by atoms with Crippen molar-refractivity contribution in [1.29, 1.82) is 0 Å².